The van der Waals surface area contributed by atoms with Gasteiger partial charge in [0, 0.05) is 10.9 Å². The molecule has 5 nitrogen and oxygen atoms in total. The molecule has 1 saturated heterocycles. The zero-order valence-electron chi connectivity index (χ0n) is 17.9. The molecular formula is C26H27ClN2O3. The van der Waals surface area contributed by atoms with Crippen LogP contribution in [0.25, 0.3) is 6.08 Å². The summed E-state index contributed by atoms with van der Waals surface area (Å²) in [4.78, 5) is 25.7. The van der Waals surface area contributed by atoms with E-state index in [1.54, 1.807) is 18.2 Å². The third-order valence-electron chi connectivity index (χ3n) is 6.81. The summed E-state index contributed by atoms with van der Waals surface area (Å²) in [6.45, 7) is 0. The first-order chi connectivity index (χ1) is 15.6. The van der Waals surface area contributed by atoms with Crippen LogP contribution in [0.15, 0.2) is 54.3 Å². The number of rotatable bonds is 3. The van der Waals surface area contributed by atoms with Gasteiger partial charge in [-0.1, -0.05) is 48.0 Å². The Labute approximate surface area is 193 Å². The Hall–Kier alpha value is -2.79. The van der Waals surface area contributed by atoms with E-state index in [1.807, 2.05) is 18.2 Å². The number of hydrogen-bond acceptors (Lipinski definition) is 3. The molecule has 0 aromatic heterocycles. The molecule has 4 atom stereocenters. The molecule has 2 amide bonds. The van der Waals surface area contributed by atoms with Gasteiger partial charge in [0.25, 0.3) is 5.91 Å². The highest BCUT2D eigenvalue weighted by atomic mass is 35.5. The van der Waals surface area contributed by atoms with Crippen molar-refractivity contribution >= 4 is 29.5 Å². The highest BCUT2D eigenvalue weighted by molar-refractivity contribution is 6.30. The Morgan fingerprint density at radius 1 is 1.12 bits per heavy atom. The van der Waals surface area contributed by atoms with E-state index in [4.69, 9.17) is 16.3 Å². The van der Waals surface area contributed by atoms with E-state index in [-0.39, 0.29) is 35.9 Å². The molecule has 6 heteroatoms. The van der Waals surface area contributed by atoms with E-state index < -0.39 is 0 Å². The average Bonchev–Trinajstić information content (AvgIpc) is 2.79. The molecule has 5 rings (SSSR count). The monoisotopic (exact) mass is 450 g/mol. The topological polar surface area (TPSA) is 67.4 Å². The van der Waals surface area contributed by atoms with Gasteiger partial charge >= 0.3 is 0 Å². The van der Waals surface area contributed by atoms with Crippen LogP contribution in [0.1, 0.15) is 54.8 Å². The summed E-state index contributed by atoms with van der Waals surface area (Å²) in [6, 6.07) is 15.6. The number of carbonyl (C=O) groups is 2. The van der Waals surface area contributed by atoms with Crippen molar-refractivity contribution in [1.82, 2.24) is 10.6 Å². The molecule has 1 saturated carbocycles. The molecule has 2 aromatic rings. The van der Waals surface area contributed by atoms with Crippen molar-refractivity contribution in [3.05, 3.63) is 76.0 Å². The molecule has 2 fully saturated rings. The first-order valence-electron chi connectivity index (χ1n) is 11.4. The van der Waals surface area contributed by atoms with E-state index in [2.05, 4.69) is 28.8 Å². The summed E-state index contributed by atoms with van der Waals surface area (Å²) in [5.41, 5.74) is 3.40. The first-order valence-corrected chi connectivity index (χ1v) is 11.8. The zero-order valence-corrected chi connectivity index (χ0v) is 18.6. The van der Waals surface area contributed by atoms with Crippen LogP contribution in [-0.2, 0) is 20.7 Å². The molecule has 1 heterocycles. The lowest BCUT2D eigenvalue weighted by Gasteiger charge is -2.40. The molecule has 3 aliphatic rings. The lowest BCUT2D eigenvalue weighted by Crippen LogP contribution is -2.55. The van der Waals surface area contributed by atoms with Gasteiger partial charge in [-0.15, -0.1) is 0 Å². The highest BCUT2D eigenvalue weighted by Crippen LogP contribution is 2.34. The largest absolute Gasteiger partial charge is 0.483 e. The summed E-state index contributed by atoms with van der Waals surface area (Å²) < 4.78 is 6.05. The Balaban J connectivity index is 1.23. The van der Waals surface area contributed by atoms with Gasteiger partial charge in [-0.05, 0) is 73.4 Å². The van der Waals surface area contributed by atoms with Crippen molar-refractivity contribution in [3.63, 3.8) is 0 Å². The maximum absolute atomic E-state index is 13.1. The van der Waals surface area contributed by atoms with E-state index in [0.29, 0.717) is 17.2 Å². The SMILES string of the molecule is O=C1NC2CC(C(=O)NC3CCCc4ccccc43)CCC2O/C1=C\c1cccc(Cl)c1. The van der Waals surface area contributed by atoms with Crippen LogP contribution in [0.4, 0.5) is 0 Å². The minimum Gasteiger partial charge on any atom is -0.483 e. The van der Waals surface area contributed by atoms with Crippen molar-refractivity contribution in [2.45, 2.75) is 56.7 Å². The number of benzene rings is 2. The number of nitrogens with one attached hydrogen (secondary N) is 2. The Morgan fingerprint density at radius 2 is 2.00 bits per heavy atom. The number of aryl methyl sites for hydroxylation is 1. The molecule has 4 unspecified atom stereocenters. The molecule has 0 spiro atoms. The van der Waals surface area contributed by atoms with Crippen molar-refractivity contribution in [2.75, 3.05) is 0 Å². The fourth-order valence-corrected chi connectivity index (χ4v) is 5.37. The number of ether oxygens (including phenoxy) is 1. The number of halogens is 1. The minimum atomic E-state index is -0.242. The van der Waals surface area contributed by atoms with Crippen molar-refractivity contribution in [2.24, 2.45) is 5.92 Å². The third-order valence-corrected chi connectivity index (χ3v) is 7.04. The third kappa shape index (κ3) is 4.40. The standard InChI is InChI=1S/C26H27ClN2O3/c27-19-8-3-5-16(13-19)14-24-26(31)29-22-15-18(11-12-23(22)32-24)25(30)28-21-10-4-7-17-6-1-2-9-20(17)21/h1-3,5-6,8-9,13-14,18,21-23H,4,7,10-12,15H2,(H,28,30)(H,29,31)/b24-14-. The minimum absolute atomic E-state index is 0.0783. The van der Waals surface area contributed by atoms with Gasteiger partial charge < -0.3 is 15.4 Å². The molecular weight excluding hydrogens is 424 g/mol. The summed E-state index contributed by atoms with van der Waals surface area (Å²) in [5.74, 6) is 0.0242. The predicted octanol–water partition coefficient (Wildman–Crippen LogP) is 4.56. The van der Waals surface area contributed by atoms with Crippen molar-refractivity contribution in [1.29, 1.82) is 0 Å². The van der Waals surface area contributed by atoms with Crippen LogP contribution >= 0.6 is 11.6 Å². The van der Waals surface area contributed by atoms with E-state index in [1.165, 1.54) is 11.1 Å². The van der Waals surface area contributed by atoms with Gasteiger partial charge in [-0.2, -0.15) is 0 Å². The van der Waals surface area contributed by atoms with Crippen LogP contribution in [0, 0.1) is 5.92 Å². The number of fused-ring (bicyclic) bond motifs is 2. The molecule has 0 radical (unpaired) electrons. The fourth-order valence-electron chi connectivity index (χ4n) is 5.17. The molecule has 1 aliphatic heterocycles. The zero-order chi connectivity index (χ0) is 22.1. The normalized spacial score (nSPS) is 28.2. The summed E-state index contributed by atoms with van der Waals surface area (Å²) in [5, 5.41) is 6.96. The maximum Gasteiger partial charge on any atom is 0.286 e. The van der Waals surface area contributed by atoms with Gasteiger partial charge in [0.15, 0.2) is 5.76 Å². The predicted molar refractivity (Wildman–Crippen MR) is 124 cm³/mol. The summed E-state index contributed by atoms with van der Waals surface area (Å²) in [7, 11) is 0. The Morgan fingerprint density at radius 3 is 2.88 bits per heavy atom. The Kier molecular flexibility index (Phi) is 5.92. The quantitative estimate of drug-likeness (QED) is 0.673. The smallest absolute Gasteiger partial charge is 0.286 e. The van der Waals surface area contributed by atoms with Crippen LogP contribution in [-0.4, -0.2) is 24.0 Å². The van der Waals surface area contributed by atoms with Crippen LogP contribution in [0.2, 0.25) is 5.02 Å². The van der Waals surface area contributed by atoms with E-state index >= 15 is 0 Å². The molecule has 32 heavy (non-hydrogen) atoms. The first kappa shape index (κ1) is 21.1. The van der Waals surface area contributed by atoms with Gasteiger partial charge in [0.2, 0.25) is 5.91 Å². The fraction of sp³-hybridized carbons (Fsp3) is 0.385. The van der Waals surface area contributed by atoms with Gasteiger partial charge in [0.1, 0.15) is 6.10 Å². The van der Waals surface area contributed by atoms with Gasteiger partial charge in [-0.3, -0.25) is 9.59 Å². The Bertz CT molecular complexity index is 1070. The summed E-state index contributed by atoms with van der Waals surface area (Å²) in [6.07, 6.45) is 6.82. The lowest BCUT2D eigenvalue weighted by molar-refractivity contribution is -0.135. The number of hydrogen-bond donors (Lipinski definition) is 2. The van der Waals surface area contributed by atoms with Gasteiger partial charge in [0.05, 0.1) is 12.1 Å². The average molecular weight is 451 g/mol. The van der Waals surface area contributed by atoms with E-state index in [0.717, 1.165) is 37.7 Å². The molecule has 2 N–H and O–H groups in total. The highest BCUT2D eigenvalue weighted by Gasteiger charge is 2.40. The lowest BCUT2D eigenvalue weighted by atomic mass is 9.81. The second-order valence-corrected chi connectivity index (χ2v) is 9.40. The molecule has 2 aromatic carbocycles. The van der Waals surface area contributed by atoms with Crippen LogP contribution in [0.5, 0.6) is 0 Å². The summed E-state index contributed by atoms with van der Waals surface area (Å²) >= 11 is 6.04. The van der Waals surface area contributed by atoms with Gasteiger partial charge in [-0.25, -0.2) is 0 Å². The molecule has 2 aliphatic carbocycles. The second kappa shape index (κ2) is 8.99. The van der Waals surface area contributed by atoms with Crippen LogP contribution < -0.4 is 10.6 Å². The number of amides is 2. The molecule has 166 valence electrons. The number of morpholine rings is 1. The van der Waals surface area contributed by atoms with Crippen LogP contribution in [0.3, 0.4) is 0 Å². The van der Waals surface area contributed by atoms with E-state index in [9.17, 15) is 9.59 Å². The van der Waals surface area contributed by atoms with Crippen molar-refractivity contribution in [3.8, 4) is 0 Å². The van der Waals surface area contributed by atoms with Crippen molar-refractivity contribution < 1.29 is 14.3 Å². The maximum atomic E-state index is 13.1. The molecule has 0 bridgehead atoms. The second-order valence-electron chi connectivity index (χ2n) is 8.96. The number of carbonyl (C=O) groups excluding carboxylic acids is 2.